The fourth-order valence-electron chi connectivity index (χ4n) is 6.50. The van der Waals surface area contributed by atoms with E-state index in [0.717, 1.165) is 70.7 Å². The Morgan fingerprint density at radius 2 is 1.92 bits per heavy atom. The molecule has 9 heteroatoms. The van der Waals surface area contributed by atoms with Crippen LogP contribution in [0.15, 0.2) is 55.0 Å². The molecule has 1 N–H and O–H groups in total. The van der Waals surface area contributed by atoms with Gasteiger partial charge in [-0.2, -0.15) is 5.10 Å². The molecule has 0 spiro atoms. The van der Waals surface area contributed by atoms with Crippen LogP contribution in [0, 0.1) is 0 Å². The molecule has 2 fully saturated rings. The van der Waals surface area contributed by atoms with E-state index >= 15 is 0 Å². The van der Waals surface area contributed by atoms with E-state index in [0.29, 0.717) is 13.0 Å². The summed E-state index contributed by atoms with van der Waals surface area (Å²) in [5.41, 5.74) is 7.47. The smallest absolute Gasteiger partial charge is 0.410 e. The van der Waals surface area contributed by atoms with Crippen molar-refractivity contribution >= 4 is 23.3 Å². The van der Waals surface area contributed by atoms with E-state index in [-0.39, 0.29) is 30.0 Å². The first-order valence-electron chi connectivity index (χ1n) is 13.3. The molecule has 0 saturated carbocycles. The zero-order chi connectivity index (χ0) is 25.8. The minimum atomic E-state index is -0.184. The predicted molar refractivity (Wildman–Crippen MR) is 142 cm³/mol. The van der Waals surface area contributed by atoms with Crippen molar-refractivity contribution in [2.24, 2.45) is 0 Å². The number of amides is 2. The monoisotopic (exact) mass is 508 g/mol. The number of piperidine rings is 1. The molecule has 3 aromatic heterocycles. The molecule has 0 radical (unpaired) electrons. The first kappa shape index (κ1) is 22.9. The standard InChI is InChI=1S/C29H28N6O3/c1-2-38-29(37)34-20-5-6-21(34)12-19(11-20)26-8-10-31-27-15-25(33-35(26)27)22-7-9-30-16-23(22)17-3-4-18-14-28(36)32-24(18)13-17/h3-4,7-10,13,15-16,19-21H,2,5-6,11-12,14H2,1H3,(H,32,36). The fourth-order valence-corrected chi connectivity index (χ4v) is 6.50. The summed E-state index contributed by atoms with van der Waals surface area (Å²) in [6.07, 6.45) is 9.51. The molecule has 2 bridgehead atoms. The number of ether oxygens (including phenoxy) is 1. The van der Waals surface area contributed by atoms with E-state index in [1.807, 2.05) is 59.1 Å². The number of rotatable bonds is 4. The third-order valence-corrected chi connectivity index (χ3v) is 8.16. The molecule has 2 unspecified atom stereocenters. The number of hydrogen-bond acceptors (Lipinski definition) is 6. The van der Waals surface area contributed by atoms with Crippen LogP contribution in [-0.4, -0.2) is 55.2 Å². The Morgan fingerprint density at radius 1 is 1.08 bits per heavy atom. The van der Waals surface area contributed by atoms with Crippen molar-refractivity contribution in [3.8, 4) is 22.4 Å². The average molecular weight is 509 g/mol. The van der Waals surface area contributed by atoms with Gasteiger partial charge < -0.3 is 15.0 Å². The molecule has 192 valence electrons. The van der Waals surface area contributed by atoms with Crippen LogP contribution in [0.3, 0.4) is 0 Å². The summed E-state index contributed by atoms with van der Waals surface area (Å²) in [6, 6.07) is 12.5. The average Bonchev–Trinajstić information content (AvgIpc) is 3.60. The van der Waals surface area contributed by atoms with Gasteiger partial charge >= 0.3 is 6.09 Å². The minimum absolute atomic E-state index is 0.0176. The Kier molecular flexibility index (Phi) is 5.38. The maximum Gasteiger partial charge on any atom is 0.410 e. The lowest BCUT2D eigenvalue weighted by atomic mass is 9.88. The molecule has 7 rings (SSSR count). The normalized spacial score (nSPS) is 22.0. The lowest BCUT2D eigenvalue weighted by Crippen LogP contribution is -2.46. The number of hydrogen-bond donors (Lipinski definition) is 1. The summed E-state index contributed by atoms with van der Waals surface area (Å²) in [7, 11) is 0. The van der Waals surface area contributed by atoms with Gasteiger partial charge in [0.25, 0.3) is 0 Å². The summed E-state index contributed by atoms with van der Waals surface area (Å²) in [5.74, 6) is 0.303. The largest absolute Gasteiger partial charge is 0.450 e. The zero-order valence-electron chi connectivity index (χ0n) is 21.1. The molecule has 3 aliphatic heterocycles. The second kappa shape index (κ2) is 8.93. The summed E-state index contributed by atoms with van der Waals surface area (Å²) < 4.78 is 7.30. The molecule has 3 aliphatic rings. The molecule has 38 heavy (non-hydrogen) atoms. The van der Waals surface area contributed by atoms with Gasteiger partial charge in [-0.15, -0.1) is 0 Å². The van der Waals surface area contributed by atoms with Gasteiger partial charge in [-0.3, -0.25) is 9.78 Å². The first-order chi connectivity index (χ1) is 18.6. The van der Waals surface area contributed by atoms with E-state index in [4.69, 9.17) is 9.84 Å². The molecule has 2 atom stereocenters. The van der Waals surface area contributed by atoms with Gasteiger partial charge in [-0.1, -0.05) is 12.1 Å². The molecule has 2 amide bonds. The highest BCUT2D eigenvalue weighted by atomic mass is 16.6. The molecular weight excluding hydrogens is 480 g/mol. The third kappa shape index (κ3) is 3.72. The Balaban J connectivity index is 1.23. The minimum Gasteiger partial charge on any atom is -0.450 e. The summed E-state index contributed by atoms with van der Waals surface area (Å²) in [5, 5.41) is 7.97. The van der Waals surface area contributed by atoms with Crippen molar-refractivity contribution in [3.05, 3.63) is 66.2 Å². The van der Waals surface area contributed by atoms with Crippen molar-refractivity contribution in [1.29, 1.82) is 0 Å². The van der Waals surface area contributed by atoms with Crippen LogP contribution in [0.5, 0.6) is 0 Å². The quantitative estimate of drug-likeness (QED) is 0.424. The van der Waals surface area contributed by atoms with E-state index in [1.165, 1.54) is 0 Å². The molecular formula is C29H28N6O3. The highest BCUT2D eigenvalue weighted by molar-refractivity contribution is 6.00. The zero-order valence-corrected chi connectivity index (χ0v) is 21.1. The van der Waals surface area contributed by atoms with E-state index in [2.05, 4.69) is 21.4 Å². The maximum absolute atomic E-state index is 12.6. The van der Waals surface area contributed by atoms with E-state index in [1.54, 1.807) is 6.20 Å². The fraction of sp³-hybridized carbons (Fsp3) is 0.345. The van der Waals surface area contributed by atoms with Crippen LogP contribution in [0.2, 0.25) is 0 Å². The van der Waals surface area contributed by atoms with Gasteiger partial charge in [0.15, 0.2) is 5.65 Å². The number of aromatic nitrogens is 4. The topological polar surface area (TPSA) is 102 Å². The number of benzene rings is 1. The predicted octanol–water partition coefficient (Wildman–Crippen LogP) is 4.82. The number of nitrogens with one attached hydrogen (secondary N) is 1. The van der Waals surface area contributed by atoms with Gasteiger partial charge in [-0.05, 0) is 61.9 Å². The van der Waals surface area contributed by atoms with Gasteiger partial charge in [0, 0.05) is 65.2 Å². The number of pyridine rings is 1. The summed E-state index contributed by atoms with van der Waals surface area (Å²) >= 11 is 0. The van der Waals surface area contributed by atoms with Gasteiger partial charge in [-0.25, -0.2) is 14.3 Å². The molecule has 2 saturated heterocycles. The van der Waals surface area contributed by atoms with Gasteiger partial charge in [0.05, 0.1) is 18.7 Å². The van der Waals surface area contributed by atoms with Crippen molar-refractivity contribution < 1.29 is 14.3 Å². The summed E-state index contributed by atoms with van der Waals surface area (Å²) in [4.78, 5) is 35.4. The molecule has 0 aliphatic carbocycles. The number of anilines is 1. The van der Waals surface area contributed by atoms with Crippen LogP contribution in [0.4, 0.5) is 10.5 Å². The second-order valence-electron chi connectivity index (χ2n) is 10.3. The molecule has 9 nitrogen and oxygen atoms in total. The number of carbonyl (C=O) groups is 2. The van der Waals surface area contributed by atoms with Crippen LogP contribution in [0.25, 0.3) is 28.0 Å². The van der Waals surface area contributed by atoms with Crippen LogP contribution in [0.1, 0.15) is 49.8 Å². The third-order valence-electron chi connectivity index (χ3n) is 8.16. The van der Waals surface area contributed by atoms with Gasteiger partial charge in [0.1, 0.15) is 0 Å². The SMILES string of the molecule is CCOC(=O)N1C2CCC1CC(c1ccnc3cc(-c4ccncc4-c4ccc5c(c4)NC(=O)C5)nn13)C2. The van der Waals surface area contributed by atoms with Crippen molar-refractivity contribution in [2.45, 2.75) is 57.0 Å². The van der Waals surface area contributed by atoms with Crippen molar-refractivity contribution in [3.63, 3.8) is 0 Å². The van der Waals surface area contributed by atoms with Crippen molar-refractivity contribution in [2.75, 3.05) is 11.9 Å². The number of carbonyl (C=O) groups excluding carboxylic acids is 2. The lowest BCUT2D eigenvalue weighted by Gasteiger charge is -2.38. The van der Waals surface area contributed by atoms with E-state index < -0.39 is 0 Å². The van der Waals surface area contributed by atoms with Crippen LogP contribution in [-0.2, 0) is 16.0 Å². The van der Waals surface area contributed by atoms with E-state index in [9.17, 15) is 9.59 Å². The number of fused-ring (bicyclic) bond motifs is 4. The molecule has 4 aromatic rings. The Hall–Kier alpha value is -4.27. The molecule has 1 aromatic carbocycles. The highest BCUT2D eigenvalue weighted by Crippen LogP contribution is 2.43. The van der Waals surface area contributed by atoms with Crippen LogP contribution >= 0.6 is 0 Å². The maximum atomic E-state index is 12.6. The summed E-state index contributed by atoms with van der Waals surface area (Å²) in [6.45, 7) is 2.25. The Morgan fingerprint density at radius 3 is 2.74 bits per heavy atom. The first-order valence-corrected chi connectivity index (χ1v) is 13.3. The lowest BCUT2D eigenvalue weighted by molar-refractivity contribution is -0.115. The van der Waals surface area contributed by atoms with Gasteiger partial charge in [0.2, 0.25) is 5.91 Å². The Bertz CT molecular complexity index is 1570. The highest BCUT2D eigenvalue weighted by Gasteiger charge is 2.45. The molecule has 6 heterocycles. The van der Waals surface area contributed by atoms with Crippen LogP contribution < -0.4 is 5.32 Å². The Labute approximate surface area is 219 Å². The van der Waals surface area contributed by atoms with Crippen molar-refractivity contribution in [1.82, 2.24) is 24.5 Å². The second-order valence-corrected chi connectivity index (χ2v) is 10.3. The number of nitrogens with zero attached hydrogens (tertiary/aromatic N) is 5.